The lowest BCUT2D eigenvalue weighted by Crippen LogP contribution is -2.15. The van der Waals surface area contributed by atoms with Gasteiger partial charge in [-0.25, -0.2) is 0 Å². The first-order valence-corrected chi connectivity index (χ1v) is 10.8. The smallest absolute Gasteiger partial charge is 0.234 e. The SMILES string of the molecule is C=CCn1c(COc2ccccc2C)nnc1SCC(=O)Nc1c(Cl)cccc1Cl. The van der Waals surface area contributed by atoms with Crippen LogP contribution >= 0.6 is 35.0 Å². The largest absolute Gasteiger partial charge is 0.485 e. The number of aryl methyl sites for hydroxylation is 1. The van der Waals surface area contributed by atoms with Crippen LogP contribution in [0.2, 0.25) is 10.0 Å². The number of aromatic nitrogens is 3. The van der Waals surface area contributed by atoms with Gasteiger partial charge in [0.15, 0.2) is 11.0 Å². The summed E-state index contributed by atoms with van der Waals surface area (Å²) in [6.45, 7) is 6.52. The van der Waals surface area contributed by atoms with Crippen molar-refractivity contribution in [3.63, 3.8) is 0 Å². The fraction of sp³-hybridized carbons (Fsp3) is 0.190. The Labute approximate surface area is 189 Å². The maximum absolute atomic E-state index is 12.4. The molecule has 0 aliphatic heterocycles. The Kier molecular flexibility index (Phi) is 7.79. The van der Waals surface area contributed by atoms with Gasteiger partial charge < -0.3 is 10.1 Å². The number of nitrogens with one attached hydrogen (secondary N) is 1. The molecular formula is C21H20Cl2N4O2S. The van der Waals surface area contributed by atoms with E-state index in [-0.39, 0.29) is 18.3 Å². The van der Waals surface area contributed by atoms with Gasteiger partial charge in [0.2, 0.25) is 5.91 Å². The molecule has 6 nitrogen and oxygen atoms in total. The molecule has 0 spiro atoms. The molecule has 2 aromatic carbocycles. The number of thioether (sulfide) groups is 1. The number of carbonyl (C=O) groups excluding carboxylic acids is 1. The minimum Gasteiger partial charge on any atom is -0.485 e. The number of hydrogen-bond donors (Lipinski definition) is 1. The molecule has 0 aliphatic carbocycles. The molecule has 1 heterocycles. The predicted molar refractivity (Wildman–Crippen MR) is 122 cm³/mol. The molecule has 0 radical (unpaired) electrons. The molecule has 1 aromatic heterocycles. The van der Waals surface area contributed by atoms with Crippen LogP contribution in [-0.4, -0.2) is 26.4 Å². The molecule has 0 fully saturated rings. The van der Waals surface area contributed by atoms with Gasteiger partial charge in [0.05, 0.1) is 21.5 Å². The minimum absolute atomic E-state index is 0.121. The lowest BCUT2D eigenvalue weighted by atomic mass is 10.2. The lowest BCUT2D eigenvalue weighted by Gasteiger charge is -2.11. The van der Waals surface area contributed by atoms with Crippen molar-refractivity contribution in [2.24, 2.45) is 0 Å². The second-order valence-corrected chi connectivity index (χ2v) is 8.04. The molecule has 0 saturated heterocycles. The Morgan fingerprint density at radius 3 is 2.63 bits per heavy atom. The number of carbonyl (C=O) groups is 1. The summed E-state index contributed by atoms with van der Waals surface area (Å²) < 4.78 is 7.75. The number of nitrogens with zero attached hydrogens (tertiary/aromatic N) is 3. The summed E-state index contributed by atoms with van der Waals surface area (Å²) in [5.74, 6) is 1.31. The Morgan fingerprint density at radius 2 is 1.93 bits per heavy atom. The normalized spacial score (nSPS) is 10.6. The summed E-state index contributed by atoms with van der Waals surface area (Å²) in [6, 6.07) is 12.8. The highest BCUT2D eigenvalue weighted by Gasteiger charge is 2.16. The monoisotopic (exact) mass is 462 g/mol. The standard InChI is InChI=1S/C21H20Cl2N4O2S/c1-3-11-27-18(12-29-17-10-5-4-7-14(17)2)25-26-21(27)30-13-19(28)24-20-15(22)8-6-9-16(20)23/h3-10H,1,11-13H2,2H3,(H,24,28). The number of amides is 1. The van der Waals surface area contributed by atoms with E-state index < -0.39 is 0 Å². The van der Waals surface area contributed by atoms with Gasteiger partial charge in [0.25, 0.3) is 0 Å². The number of anilines is 1. The Morgan fingerprint density at radius 1 is 1.20 bits per heavy atom. The number of hydrogen-bond acceptors (Lipinski definition) is 5. The molecule has 3 aromatic rings. The third-order valence-corrected chi connectivity index (χ3v) is 5.71. The summed E-state index contributed by atoms with van der Waals surface area (Å²) in [6.07, 6.45) is 1.74. The van der Waals surface area contributed by atoms with E-state index in [2.05, 4.69) is 22.1 Å². The van der Waals surface area contributed by atoms with Gasteiger partial charge in [0.1, 0.15) is 12.4 Å². The average molecular weight is 463 g/mol. The van der Waals surface area contributed by atoms with Crippen molar-refractivity contribution >= 4 is 46.6 Å². The van der Waals surface area contributed by atoms with E-state index in [1.165, 1.54) is 11.8 Å². The third-order valence-electron chi connectivity index (χ3n) is 4.12. The van der Waals surface area contributed by atoms with Crippen molar-refractivity contribution in [1.29, 1.82) is 0 Å². The minimum atomic E-state index is -0.249. The molecule has 30 heavy (non-hydrogen) atoms. The molecule has 0 saturated carbocycles. The molecule has 1 N–H and O–H groups in total. The van der Waals surface area contributed by atoms with Gasteiger partial charge in [0, 0.05) is 6.54 Å². The molecule has 9 heteroatoms. The zero-order chi connectivity index (χ0) is 21.5. The fourth-order valence-corrected chi connectivity index (χ4v) is 3.89. The highest BCUT2D eigenvalue weighted by atomic mass is 35.5. The second-order valence-electron chi connectivity index (χ2n) is 6.29. The Bertz CT molecular complexity index is 1030. The van der Waals surface area contributed by atoms with E-state index in [4.69, 9.17) is 27.9 Å². The molecule has 0 bridgehead atoms. The lowest BCUT2D eigenvalue weighted by molar-refractivity contribution is -0.113. The zero-order valence-electron chi connectivity index (χ0n) is 16.3. The second kappa shape index (κ2) is 10.5. The number of ether oxygens (including phenoxy) is 1. The van der Waals surface area contributed by atoms with Crippen LogP contribution in [0.25, 0.3) is 0 Å². The van der Waals surface area contributed by atoms with Gasteiger partial charge in [-0.15, -0.1) is 16.8 Å². The van der Waals surface area contributed by atoms with Crippen LogP contribution in [0.3, 0.4) is 0 Å². The van der Waals surface area contributed by atoms with Crippen molar-refractivity contribution < 1.29 is 9.53 Å². The maximum Gasteiger partial charge on any atom is 0.234 e. The number of halogens is 2. The zero-order valence-corrected chi connectivity index (χ0v) is 18.6. The first kappa shape index (κ1) is 22.2. The van der Waals surface area contributed by atoms with Crippen molar-refractivity contribution in [3.05, 3.63) is 76.6 Å². The van der Waals surface area contributed by atoms with Crippen molar-refractivity contribution in [2.75, 3.05) is 11.1 Å². The summed E-state index contributed by atoms with van der Waals surface area (Å²) in [7, 11) is 0. The third kappa shape index (κ3) is 5.56. The molecule has 0 atom stereocenters. The van der Waals surface area contributed by atoms with Gasteiger partial charge in [-0.3, -0.25) is 9.36 Å². The average Bonchev–Trinajstić information content (AvgIpc) is 3.11. The van der Waals surface area contributed by atoms with E-state index in [0.29, 0.717) is 33.3 Å². The van der Waals surface area contributed by atoms with Gasteiger partial charge in [-0.2, -0.15) is 0 Å². The quantitative estimate of drug-likeness (QED) is 0.341. The van der Waals surface area contributed by atoms with Crippen LogP contribution in [0.4, 0.5) is 5.69 Å². The fourth-order valence-electron chi connectivity index (χ4n) is 2.63. The summed E-state index contributed by atoms with van der Waals surface area (Å²) >= 11 is 13.5. The van der Waals surface area contributed by atoms with Crippen LogP contribution < -0.4 is 10.1 Å². The molecular weight excluding hydrogens is 443 g/mol. The number of allylic oxidation sites excluding steroid dienone is 1. The molecule has 3 rings (SSSR count). The number of rotatable bonds is 9. The Balaban J connectivity index is 1.65. The summed E-state index contributed by atoms with van der Waals surface area (Å²) in [4.78, 5) is 12.4. The van der Waals surface area contributed by atoms with Crippen LogP contribution in [-0.2, 0) is 17.9 Å². The van der Waals surface area contributed by atoms with Gasteiger partial charge in [-0.1, -0.05) is 65.3 Å². The van der Waals surface area contributed by atoms with Crippen molar-refractivity contribution in [2.45, 2.75) is 25.2 Å². The number of benzene rings is 2. The highest BCUT2D eigenvalue weighted by Crippen LogP contribution is 2.30. The number of para-hydroxylation sites is 2. The van der Waals surface area contributed by atoms with E-state index in [1.807, 2.05) is 35.8 Å². The van der Waals surface area contributed by atoms with Crippen molar-refractivity contribution in [1.82, 2.24) is 14.8 Å². The summed E-state index contributed by atoms with van der Waals surface area (Å²) in [5.41, 5.74) is 1.43. The predicted octanol–water partition coefficient (Wildman–Crippen LogP) is 5.39. The van der Waals surface area contributed by atoms with Gasteiger partial charge in [-0.05, 0) is 30.7 Å². The van der Waals surface area contributed by atoms with Crippen LogP contribution in [0, 0.1) is 6.92 Å². The molecule has 0 aliphatic rings. The molecule has 1 amide bonds. The van der Waals surface area contributed by atoms with Gasteiger partial charge >= 0.3 is 0 Å². The maximum atomic E-state index is 12.4. The topological polar surface area (TPSA) is 69.0 Å². The first-order chi connectivity index (χ1) is 14.5. The molecule has 0 unspecified atom stereocenters. The van der Waals surface area contributed by atoms with E-state index in [1.54, 1.807) is 24.3 Å². The van der Waals surface area contributed by atoms with Crippen LogP contribution in [0.1, 0.15) is 11.4 Å². The highest BCUT2D eigenvalue weighted by molar-refractivity contribution is 7.99. The van der Waals surface area contributed by atoms with Crippen LogP contribution in [0.5, 0.6) is 5.75 Å². The van der Waals surface area contributed by atoms with Crippen LogP contribution in [0.15, 0.2) is 60.3 Å². The summed E-state index contributed by atoms with van der Waals surface area (Å²) in [5, 5.41) is 12.5. The molecule has 156 valence electrons. The van der Waals surface area contributed by atoms with E-state index >= 15 is 0 Å². The van der Waals surface area contributed by atoms with E-state index in [0.717, 1.165) is 11.3 Å². The first-order valence-electron chi connectivity index (χ1n) is 9.07. The van der Waals surface area contributed by atoms with E-state index in [9.17, 15) is 4.79 Å². The van der Waals surface area contributed by atoms with Crippen molar-refractivity contribution in [3.8, 4) is 5.75 Å². The Hall–Kier alpha value is -2.48.